The van der Waals surface area contributed by atoms with Crippen LogP contribution < -0.4 is 10.3 Å². The van der Waals surface area contributed by atoms with Crippen molar-refractivity contribution in [3.63, 3.8) is 0 Å². The van der Waals surface area contributed by atoms with Gasteiger partial charge in [-0.25, -0.2) is 0 Å². The van der Waals surface area contributed by atoms with E-state index < -0.39 is 0 Å². The van der Waals surface area contributed by atoms with Gasteiger partial charge in [-0.15, -0.1) is 11.3 Å². The van der Waals surface area contributed by atoms with Gasteiger partial charge >= 0.3 is 0 Å². The van der Waals surface area contributed by atoms with E-state index in [1.807, 2.05) is 18.2 Å². The smallest absolute Gasteiger partial charge is 0.200 e. The fourth-order valence-corrected chi connectivity index (χ4v) is 5.46. The molecule has 0 unspecified atom stereocenters. The number of hydrogen-bond donors (Lipinski definition) is 0. The molecule has 5 heteroatoms. The lowest BCUT2D eigenvalue weighted by Gasteiger charge is -2.27. The van der Waals surface area contributed by atoms with Gasteiger partial charge in [-0.3, -0.25) is 4.79 Å². The normalized spacial score (nSPS) is 14.7. The van der Waals surface area contributed by atoms with E-state index in [1.54, 1.807) is 17.4 Å². The molecule has 0 atom stereocenters. The van der Waals surface area contributed by atoms with E-state index in [0.717, 1.165) is 24.2 Å². The number of ether oxygens (including phenoxy) is 1. The zero-order chi connectivity index (χ0) is 20.1. The first-order valence-corrected chi connectivity index (χ1v) is 10.9. The Balaban J connectivity index is 1.54. The predicted octanol–water partition coefficient (Wildman–Crippen LogP) is 5.66. The van der Waals surface area contributed by atoms with Gasteiger partial charge in [0.15, 0.2) is 11.3 Å². The van der Waals surface area contributed by atoms with Crippen LogP contribution >= 0.6 is 11.3 Å². The second kappa shape index (κ2) is 6.97. The number of thiophene rings is 1. The average molecular weight is 413 g/mol. The fourth-order valence-electron chi connectivity index (χ4n) is 4.22. The minimum Gasteiger partial charge on any atom is -0.440 e. The fraction of sp³-hybridized carbons (Fsp3) is 0.160. The van der Waals surface area contributed by atoms with Crippen LogP contribution in [0, 0.1) is 0 Å². The molecule has 1 saturated heterocycles. The summed E-state index contributed by atoms with van der Waals surface area (Å²) >= 11 is 1.80. The Bertz CT molecular complexity index is 1460. The highest BCUT2D eigenvalue weighted by Crippen LogP contribution is 2.40. The number of nitrogens with zero attached hydrogens (tertiary/aromatic N) is 1. The van der Waals surface area contributed by atoms with Crippen molar-refractivity contribution < 1.29 is 9.15 Å². The zero-order valence-corrected chi connectivity index (χ0v) is 17.1. The SMILES string of the molecule is O=c1cc(N2CCOCC2)oc2cc(-c3cccc4c3sc3ccccc34)ccc12. The zero-order valence-electron chi connectivity index (χ0n) is 16.3. The Morgan fingerprint density at radius 2 is 1.67 bits per heavy atom. The molecule has 5 aromatic rings. The van der Waals surface area contributed by atoms with Gasteiger partial charge in [-0.2, -0.15) is 0 Å². The highest BCUT2D eigenvalue weighted by molar-refractivity contribution is 7.26. The maximum absolute atomic E-state index is 12.7. The molecule has 4 nitrogen and oxygen atoms in total. The molecule has 0 spiro atoms. The summed E-state index contributed by atoms with van der Waals surface area (Å²) in [6.45, 7) is 2.76. The van der Waals surface area contributed by atoms with Gasteiger partial charge in [0.2, 0.25) is 0 Å². The molecule has 0 amide bonds. The molecule has 1 fully saturated rings. The molecule has 0 bridgehead atoms. The summed E-state index contributed by atoms with van der Waals surface area (Å²) in [6, 6.07) is 22.4. The van der Waals surface area contributed by atoms with Crippen molar-refractivity contribution in [3.8, 4) is 11.1 Å². The molecule has 0 radical (unpaired) electrons. The molecule has 30 heavy (non-hydrogen) atoms. The van der Waals surface area contributed by atoms with Gasteiger partial charge in [-0.1, -0.05) is 42.5 Å². The summed E-state index contributed by atoms with van der Waals surface area (Å²) in [5.41, 5.74) is 2.83. The predicted molar refractivity (Wildman–Crippen MR) is 124 cm³/mol. The maximum atomic E-state index is 12.7. The molecular formula is C25H19NO3S. The standard InChI is InChI=1S/C25H19NO3S/c27-21-15-24(26-10-12-28-13-11-26)29-22-14-16(8-9-20(21)22)17-5-3-6-19-18-4-1-2-7-23(18)30-25(17)19/h1-9,14-15H,10-13H2. The van der Waals surface area contributed by atoms with E-state index in [0.29, 0.717) is 30.1 Å². The van der Waals surface area contributed by atoms with Gasteiger partial charge in [0.05, 0.1) is 18.6 Å². The molecule has 148 valence electrons. The van der Waals surface area contributed by atoms with E-state index in [4.69, 9.17) is 9.15 Å². The molecule has 3 aromatic carbocycles. The summed E-state index contributed by atoms with van der Waals surface area (Å²) in [6.07, 6.45) is 0. The lowest BCUT2D eigenvalue weighted by Crippen LogP contribution is -2.36. The molecule has 1 aliphatic heterocycles. The largest absolute Gasteiger partial charge is 0.440 e. The Kier molecular flexibility index (Phi) is 4.11. The summed E-state index contributed by atoms with van der Waals surface area (Å²) in [4.78, 5) is 14.8. The van der Waals surface area contributed by atoms with Crippen molar-refractivity contribution >= 4 is 48.4 Å². The molecule has 0 aliphatic carbocycles. The van der Waals surface area contributed by atoms with Crippen LogP contribution in [0.3, 0.4) is 0 Å². The van der Waals surface area contributed by atoms with Gasteiger partial charge < -0.3 is 14.1 Å². The number of morpholine rings is 1. The Labute approximate surface area is 176 Å². The molecule has 6 rings (SSSR count). The Morgan fingerprint density at radius 1 is 0.833 bits per heavy atom. The van der Waals surface area contributed by atoms with Gasteiger partial charge in [0.25, 0.3) is 0 Å². The van der Waals surface area contributed by atoms with Crippen molar-refractivity contribution in [3.05, 3.63) is 77.0 Å². The third-order valence-corrected chi connectivity index (χ3v) is 6.97. The van der Waals surface area contributed by atoms with Crippen LogP contribution in [-0.4, -0.2) is 26.3 Å². The number of hydrogen-bond acceptors (Lipinski definition) is 5. The van der Waals surface area contributed by atoms with E-state index in [2.05, 4.69) is 47.4 Å². The first-order valence-electron chi connectivity index (χ1n) is 10.1. The lowest BCUT2D eigenvalue weighted by atomic mass is 10.0. The van der Waals surface area contributed by atoms with Crippen molar-refractivity contribution in [1.82, 2.24) is 0 Å². The molecular weight excluding hydrogens is 394 g/mol. The second-order valence-corrected chi connectivity index (χ2v) is 8.59. The van der Waals surface area contributed by atoms with Crippen molar-refractivity contribution in [2.45, 2.75) is 0 Å². The van der Waals surface area contributed by atoms with Crippen LogP contribution in [0.15, 0.2) is 75.9 Å². The van der Waals surface area contributed by atoms with Crippen molar-refractivity contribution in [2.24, 2.45) is 0 Å². The molecule has 1 aliphatic rings. The number of anilines is 1. The first kappa shape index (κ1) is 17.7. The maximum Gasteiger partial charge on any atom is 0.200 e. The van der Waals surface area contributed by atoms with Crippen LogP contribution in [0.5, 0.6) is 0 Å². The van der Waals surface area contributed by atoms with Crippen LogP contribution in [-0.2, 0) is 4.74 Å². The van der Waals surface area contributed by atoms with E-state index in [-0.39, 0.29) is 5.43 Å². The summed E-state index contributed by atoms with van der Waals surface area (Å²) in [7, 11) is 0. The number of rotatable bonds is 2. The number of benzene rings is 3. The average Bonchev–Trinajstić information content (AvgIpc) is 3.18. The third kappa shape index (κ3) is 2.82. The van der Waals surface area contributed by atoms with Crippen LogP contribution in [0.1, 0.15) is 0 Å². The highest BCUT2D eigenvalue weighted by Gasteiger charge is 2.16. The van der Waals surface area contributed by atoms with Crippen molar-refractivity contribution in [1.29, 1.82) is 0 Å². The Morgan fingerprint density at radius 3 is 2.57 bits per heavy atom. The first-order chi connectivity index (χ1) is 14.8. The monoisotopic (exact) mass is 413 g/mol. The van der Waals surface area contributed by atoms with E-state index in [1.165, 1.54) is 20.2 Å². The molecule has 0 N–H and O–H groups in total. The molecule has 3 heterocycles. The molecule has 0 saturated carbocycles. The minimum atomic E-state index is -0.00985. The minimum absolute atomic E-state index is 0.00985. The topological polar surface area (TPSA) is 42.7 Å². The quantitative estimate of drug-likeness (QED) is 0.374. The lowest BCUT2D eigenvalue weighted by molar-refractivity contribution is 0.121. The van der Waals surface area contributed by atoms with Gasteiger partial charge in [0.1, 0.15) is 5.58 Å². The Hall–Kier alpha value is -3.15. The number of fused-ring (bicyclic) bond motifs is 4. The summed E-state index contributed by atoms with van der Waals surface area (Å²) in [5.74, 6) is 0.619. The van der Waals surface area contributed by atoms with Gasteiger partial charge in [-0.05, 0) is 29.3 Å². The second-order valence-electron chi connectivity index (χ2n) is 7.54. The van der Waals surface area contributed by atoms with E-state index >= 15 is 0 Å². The van der Waals surface area contributed by atoms with E-state index in [9.17, 15) is 4.79 Å². The van der Waals surface area contributed by atoms with Crippen molar-refractivity contribution in [2.75, 3.05) is 31.2 Å². The molecule has 2 aromatic heterocycles. The van der Waals surface area contributed by atoms with Gasteiger partial charge in [0, 0.05) is 39.3 Å². The summed E-state index contributed by atoms with van der Waals surface area (Å²) < 4.78 is 14.1. The highest BCUT2D eigenvalue weighted by atomic mass is 32.1. The third-order valence-electron chi connectivity index (χ3n) is 5.75. The van der Waals surface area contributed by atoms with Crippen LogP contribution in [0.25, 0.3) is 42.3 Å². The van der Waals surface area contributed by atoms with Crippen LogP contribution in [0.2, 0.25) is 0 Å². The van der Waals surface area contributed by atoms with Crippen LogP contribution in [0.4, 0.5) is 5.88 Å². The summed E-state index contributed by atoms with van der Waals surface area (Å²) in [5, 5.41) is 3.15.